The molecular formula is C17H19N6O9P. The molecule has 3 rings (SSSR count). The summed E-state index contributed by atoms with van der Waals surface area (Å²) in [5.41, 5.74) is -3.50. The van der Waals surface area contributed by atoms with Crippen LogP contribution in [-0.2, 0) is 9.36 Å². The van der Waals surface area contributed by atoms with E-state index < -0.39 is 53.7 Å². The van der Waals surface area contributed by atoms with Crippen LogP contribution in [0.2, 0.25) is 0 Å². The highest BCUT2D eigenvalue weighted by Crippen LogP contribution is 2.38. The Morgan fingerprint density at radius 1 is 1.39 bits per heavy atom. The number of hydrogen-bond donors (Lipinski definition) is 5. The van der Waals surface area contributed by atoms with E-state index in [1.165, 1.54) is 4.90 Å². The number of carboxylic acid groups (broad SMARTS) is 1. The summed E-state index contributed by atoms with van der Waals surface area (Å²) in [6.45, 7) is 0.160. The number of aromatic amines is 1. The van der Waals surface area contributed by atoms with Crippen molar-refractivity contribution in [1.29, 1.82) is 5.26 Å². The quantitative estimate of drug-likeness (QED) is 0.137. The normalized spacial score (nSPS) is 18.0. The van der Waals surface area contributed by atoms with Gasteiger partial charge in [-0.3, -0.25) is 38.5 Å². The number of aliphatic carboxylic acids is 1. The Morgan fingerprint density at radius 3 is 2.67 bits per heavy atom. The van der Waals surface area contributed by atoms with Gasteiger partial charge in [0.15, 0.2) is 0 Å². The van der Waals surface area contributed by atoms with E-state index in [0.717, 1.165) is 16.7 Å². The highest BCUT2D eigenvalue weighted by Gasteiger charge is 2.33. The Kier molecular flexibility index (Phi) is 6.77. The number of rotatable bonds is 7. The second kappa shape index (κ2) is 9.22. The van der Waals surface area contributed by atoms with Crippen LogP contribution in [0, 0.1) is 21.4 Å². The number of aromatic nitrogens is 2. The van der Waals surface area contributed by atoms with Gasteiger partial charge in [0.1, 0.15) is 17.7 Å². The third-order valence-corrected chi connectivity index (χ3v) is 6.10. The van der Waals surface area contributed by atoms with E-state index in [1.807, 2.05) is 0 Å². The number of nitro groups is 1. The Balaban J connectivity index is 2.27. The fraction of sp³-hybridized carbons (Fsp3) is 0.412. The number of carboxylic acids is 1. The van der Waals surface area contributed by atoms with E-state index in [0.29, 0.717) is 0 Å². The molecule has 1 saturated heterocycles. The van der Waals surface area contributed by atoms with Crippen molar-refractivity contribution in [2.75, 3.05) is 25.8 Å². The largest absolute Gasteiger partial charge is 0.480 e. The van der Waals surface area contributed by atoms with Crippen LogP contribution < -0.4 is 16.4 Å². The zero-order valence-corrected chi connectivity index (χ0v) is 17.8. The lowest BCUT2D eigenvalue weighted by molar-refractivity contribution is -0.385. The van der Waals surface area contributed by atoms with Crippen LogP contribution in [0.15, 0.2) is 21.7 Å². The highest BCUT2D eigenvalue weighted by atomic mass is 31.2. The van der Waals surface area contributed by atoms with Gasteiger partial charge in [-0.1, -0.05) is 0 Å². The average molecular weight is 482 g/mol. The molecule has 1 aromatic heterocycles. The van der Waals surface area contributed by atoms with Crippen LogP contribution in [0.4, 0.5) is 5.69 Å². The van der Waals surface area contributed by atoms with Crippen molar-refractivity contribution in [3.05, 3.63) is 48.5 Å². The molecule has 2 aromatic rings. The molecule has 0 radical (unpaired) electrons. The molecule has 16 heteroatoms. The fourth-order valence-electron chi connectivity index (χ4n) is 3.78. The Labute approximate surface area is 184 Å². The first kappa shape index (κ1) is 24.2. The number of H-pyrrole nitrogens is 1. The van der Waals surface area contributed by atoms with Crippen molar-refractivity contribution in [2.45, 2.75) is 18.6 Å². The lowest BCUT2D eigenvalue weighted by Gasteiger charge is -2.38. The molecule has 15 nitrogen and oxygen atoms in total. The molecule has 5 N–H and O–H groups in total. The van der Waals surface area contributed by atoms with Crippen LogP contribution in [0.3, 0.4) is 0 Å². The summed E-state index contributed by atoms with van der Waals surface area (Å²) >= 11 is 0. The topological polar surface area (TPSA) is 232 Å². The maximum atomic E-state index is 12.9. The lowest BCUT2D eigenvalue weighted by Crippen LogP contribution is -2.57. The number of fused-ring (bicyclic) bond motifs is 1. The number of nitrogens with one attached hydrogen (secondary N) is 2. The summed E-state index contributed by atoms with van der Waals surface area (Å²) in [5, 5.41) is 32.8. The van der Waals surface area contributed by atoms with Crippen molar-refractivity contribution in [2.24, 2.45) is 0 Å². The summed E-state index contributed by atoms with van der Waals surface area (Å²) in [7, 11) is -4.56. The minimum atomic E-state index is -4.56. The van der Waals surface area contributed by atoms with Gasteiger partial charge in [0.25, 0.3) is 5.69 Å². The summed E-state index contributed by atoms with van der Waals surface area (Å²) < 4.78 is 12.4. The van der Waals surface area contributed by atoms with E-state index in [4.69, 9.17) is 0 Å². The van der Waals surface area contributed by atoms with Crippen molar-refractivity contribution in [1.82, 2.24) is 19.8 Å². The van der Waals surface area contributed by atoms with Crippen molar-refractivity contribution < 1.29 is 29.2 Å². The molecule has 0 amide bonds. The first-order chi connectivity index (χ1) is 15.4. The molecule has 1 aromatic carbocycles. The standard InChI is InChI=1S/C17H19N6O9P/c18-7-9-5-10-13(6-12(9)23(28)29)22(16(25)15(24)20-10)14(1-4-33(30,31)32)21-3-2-19-11(8-21)17(26)27/h5-6,11,14,19H,1-4,8H2,(H,20,24)(H,26,27)(H2,30,31,32). The Morgan fingerprint density at radius 2 is 2.09 bits per heavy atom. The molecule has 1 fully saturated rings. The number of piperazine rings is 1. The molecule has 2 unspecified atom stereocenters. The molecule has 0 spiro atoms. The SMILES string of the molecule is N#Cc1cc2[nH]c(=O)c(=O)n(C(CCP(=O)(O)O)N3CCNC(C(=O)O)C3)c2cc1[N+](=O)[O-]. The van der Waals surface area contributed by atoms with Crippen LogP contribution in [0.1, 0.15) is 18.2 Å². The summed E-state index contributed by atoms with van der Waals surface area (Å²) in [4.78, 5) is 69.8. The second-order valence-corrected chi connectivity index (χ2v) is 9.16. The predicted octanol–water partition coefficient (Wildman–Crippen LogP) is -1.11. The molecule has 1 aliphatic heterocycles. The minimum Gasteiger partial charge on any atom is -0.480 e. The second-order valence-electron chi connectivity index (χ2n) is 7.38. The Hall–Kier alpha value is -3.41. The van der Waals surface area contributed by atoms with Gasteiger partial charge in [-0.25, -0.2) is 0 Å². The summed E-state index contributed by atoms with van der Waals surface area (Å²) in [5.74, 6) is -1.19. The Bertz CT molecular complexity index is 1320. The van der Waals surface area contributed by atoms with Gasteiger partial charge in [-0.05, 0) is 12.5 Å². The lowest BCUT2D eigenvalue weighted by atomic mass is 10.1. The van der Waals surface area contributed by atoms with Crippen molar-refractivity contribution in [3.8, 4) is 6.07 Å². The molecule has 0 aliphatic carbocycles. The van der Waals surface area contributed by atoms with E-state index in [-0.39, 0.29) is 42.7 Å². The molecule has 176 valence electrons. The number of benzene rings is 1. The third kappa shape index (κ3) is 5.16. The molecular weight excluding hydrogens is 463 g/mol. The summed E-state index contributed by atoms with van der Waals surface area (Å²) in [6.07, 6.45) is -2.26. The highest BCUT2D eigenvalue weighted by molar-refractivity contribution is 7.51. The molecule has 0 saturated carbocycles. The number of nitro benzene ring substituents is 1. The number of hydrogen-bond acceptors (Lipinski definition) is 9. The maximum Gasteiger partial charge on any atom is 0.325 e. The number of nitriles is 1. The van der Waals surface area contributed by atoms with Crippen LogP contribution >= 0.6 is 7.60 Å². The molecule has 2 atom stereocenters. The van der Waals surface area contributed by atoms with Crippen molar-refractivity contribution >= 4 is 30.3 Å². The monoisotopic (exact) mass is 482 g/mol. The first-order valence-electron chi connectivity index (χ1n) is 9.55. The van der Waals surface area contributed by atoms with E-state index >= 15 is 0 Å². The van der Waals surface area contributed by atoms with Crippen LogP contribution in [-0.4, -0.2) is 72.1 Å². The molecule has 33 heavy (non-hydrogen) atoms. The smallest absolute Gasteiger partial charge is 0.325 e. The third-order valence-electron chi connectivity index (χ3n) is 5.26. The number of nitrogens with zero attached hydrogens (tertiary/aromatic N) is 4. The van der Waals surface area contributed by atoms with Crippen LogP contribution in [0.5, 0.6) is 0 Å². The van der Waals surface area contributed by atoms with Gasteiger partial charge in [0.05, 0.1) is 28.3 Å². The van der Waals surface area contributed by atoms with E-state index in [9.17, 15) is 49.2 Å². The van der Waals surface area contributed by atoms with Gasteiger partial charge in [0.2, 0.25) is 0 Å². The molecule has 0 bridgehead atoms. The van der Waals surface area contributed by atoms with Gasteiger partial charge in [-0.2, -0.15) is 5.26 Å². The minimum absolute atomic E-state index is 0.0761. The fourth-order valence-corrected chi connectivity index (χ4v) is 4.34. The van der Waals surface area contributed by atoms with Gasteiger partial charge < -0.3 is 25.2 Å². The van der Waals surface area contributed by atoms with Crippen LogP contribution in [0.25, 0.3) is 11.0 Å². The zero-order valence-electron chi connectivity index (χ0n) is 16.9. The van der Waals surface area contributed by atoms with Gasteiger partial charge >= 0.3 is 24.7 Å². The van der Waals surface area contributed by atoms with Crippen molar-refractivity contribution in [3.63, 3.8) is 0 Å². The van der Waals surface area contributed by atoms with E-state index in [1.54, 1.807) is 6.07 Å². The molecule has 2 heterocycles. The van der Waals surface area contributed by atoms with Gasteiger partial charge in [-0.15, -0.1) is 0 Å². The summed E-state index contributed by atoms with van der Waals surface area (Å²) in [6, 6.07) is 2.54. The van der Waals surface area contributed by atoms with E-state index in [2.05, 4.69) is 10.3 Å². The zero-order chi connectivity index (χ0) is 24.5. The average Bonchev–Trinajstić information content (AvgIpc) is 2.74. The maximum absolute atomic E-state index is 12.9. The van der Waals surface area contributed by atoms with Gasteiger partial charge in [0, 0.05) is 25.7 Å². The molecule has 1 aliphatic rings. The predicted molar refractivity (Wildman–Crippen MR) is 112 cm³/mol. The first-order valence-corrected chi connectivity index (χ1v) is 11.3. The number of carbonyl (C=O) groups is 1.